The molecule has 1 aliphatic rings. The Hall–Kier alpha value is -2.27. The molecule has 108 valence electrons. The SMILES string of the molecule is CS(=O)(=O)N1C=C(c2ccccc2)O[C@@H]1c1ccccc1. The maximum Gasteiger partial charge on any atom is 0.235 e. The molecule has 1 aliphatic heterocycles. The van der Waals surface area contributed by atoms with Crippen molar-refractivity contribution in [3.8, 4) is 0 Å². The number of nitrogens with zero attached hydrogens (tertiary/aromatic N) is 1. The van der Waals surface area contributed by atoms with Gasteiger partial charge in [-0.15, -0.1) is 0 Å². The van der Waals surface area contributed by atoms with Gasteiger partial charge in [0.1, 0.15) is 5.76 Å². The van der Waals surface area contributed by atoms with E-state index >= 15 is 0 Å². The fraction of sp³-hybridized carbons (Fsp3) is 0.125. The second kappa shape index (κ2) is 5.26. The zero-order valence-corrected chi connectivity index (χ0v) is 12.3. The van der Waals surface area contributed by atoms with E-state index in [0.717, 1.165) is 11.1 Å². The first-order chi connectivity index (χ1) is 10.1. The lowest BCUT2D eigenvalue weighted by Gasteiger charge is -2.22. The number of benzene rings is 2. The van der Waals surface area contributed by atoms with Gasteiger partial charge in [-0.25, -0.2) is 12.7 Å². The molecule has 0 saturated heterocycles. The standard InChI is InChI=1S/C16H15NO3S/c1-21(18,19)17-12-15(13-8-4-2-5-9-13)20-16(17)14-10-6-3-7-11-14/h2-12,16H,1H3/t16-/m1/s1. The van der Waals surface area contributed by atoms with Gasteiger partial charge in [-0.05, 0) is 0 Å². The molecule has 0 fully saturated rings. The van der Waals surface area contributed by atoms with Crippen LogP contribution >= 0.6 is 0 Å². The van der Waals surface area contributed by atoms with Gasteiger partial charge in [-0.2, -0.15) is 0 Å². The van der Waals surface area contributed by atoms with Gasteiger partial charge in [0.15, 0.2) is 0 Å². The van der Waals surface area contributed by atoms with E-state index in [0.29, 0.717) is 5.76 Å². The van der Waals surface area contributed by atoms with Gasteiger partial charge in [-0.1, -0.05) is 60.7 Å². The summed E-state index contributed by atoms with van der Waals surface area (Å²) in [6, 6.07) is 18.8. The minimum Gasteiger partial charge on any atom is -0.463 e. The highest BCUT2D eigenvalue weighted by molar-refractivity contribution is 7.88. The van der Waals surface area contributed by atoms with Crippen molar-refractivity contribution >= 4 is 15.8 Å². The number of ether oxygens (including phenoxy) is 1. The van der Waals surface area contributed by atoms with Gasteiger partial charge < -0.3 is 4.74 Å². The zero-order chi connectivity index (χ0) is 14.9. The Kier molecular flexibility index (Phi) is 3.43. The van der Waals surface area contributed by atoms with Gasteiger partial charge in [0.25, 0.3) is 0 Å². The van der Waals surface area contributed by atoms with Crippen LogP contribution in [0.3, 0.4) is 0 Å². The number of rotatable bonds is 3. The molecule has 0 bridgehead atoms. The summed E-state index contributed by atoms with van der Waals surface area (Å²) in [5.41, 5.74) is 1.65. The lowest BCUT2D eigenvalue weighted by molar-refractivity contribution is 0.119. The number of hydrogen-bond acceptors (Lipinski definition) is 3. The molecular weight excluding hydrogens is 286 g/mol. The van der Waals surface area contributed by atoms with Crippen LogP contribution < -0.4 is 0 Å². The summed E-state index contributed by atoms with van der Waals surface area (Å²) < 4.78 is 31.1. The molecule has 0 unspecified atom stereocenters. The van der Waals surface area contributed by atoms with Gasteiger partial charge in [0.05, 0.1) is 12.5 Å². The second-order valence-electron chi connectivity index (χ2n) is 4.83. The van der Waals surface area contributed by atoms with Crippen molar-refractivity contribution in [3.05, 3.63) is 78.0 Å². The predicted molar refractivity (Wildman–Crippen MR) is 81.4 cm³/mol. The third-order valence-corrected chi connectivity index (χ3v) is 4.30. The van der Waals surface area contributed by atoms with E-state index in [2.05, 4.69) is 0 Å². The molecule has 4 nitrogen and oxygen atoms in total. The highest BCUT2D eigenvalue weighted by atomic mass is 32.2. The molecule has 0 radical (unpaired) electrons. The minimum absolute atomic E-state index is 0.551. The predicted octanol–water partition coefficient (Wildman–Crippen LogP) is 2.98. The van der Waals surface area contributed by atoms with E-state index in [1.54, 1.807) is 6.20 Å². The summed E-state index contributed by atoms with van der Waals surface area (Å²) >= 11 is 0. The number of sulfonamides is 1. The highest BCUT2D eigenvalue weighted by Gasteiger charge is 2.33. The lowest BCUT2D eigenvalue weighted by Crippen LogP contribution is -2.26. The molecule has 0 N–H and O–H groups in total. The van der Waals surface area contributed by atoms with Crippen LogP contribution in [0.1, 0.15) is 17.4 Å². The Labute approximate surface area is 124 Å². The Bertz CT molecular complexity index is 755. The Morgan fingerprint density at radius 2 is 1.52 bits per heavy atom. The van der Waals surface area contributed by atoms with E-state index < -0.39 is 16.3 Å². The van der Waals surface area contributed by atoms with Crippen molar-refractivity contribution < 1.29 is 13.2 Å². The molecule has 2 aromatic rings. The Balaban J connectivity index is 2.01. The molecule has 1 heterocycles. The molecule has 5 heteroatoms. The smallest absolute Gasteiger partial charge is 0.235 e. The summed E-state index contributed by atoms with van der Waals surface area (Å²) in [4.78, 5) is 0. The summed E-state index contributed by atoms with van der Waals surface area (Å²) in [5, 5.41) is 0. The largest absolute Gasteiger partial charge is 0.463 e. The summed E-state index contributed by atoms with van der Waals surface area (Å²) in [5.74, 6) is 0.551. The topological polar surface area (TPSA) is 46.6 Å². The molecule has 0 aliphatic carbocycles. The molecule has 2 aromatic carbocycles. The molecular formula is C16H15NO3S. The molecule has 0 aromatic heterocycles. The maximum absolute atomic E-state index is 12.0. The third kappa shape index (κ3) is 2.78. The zero-order valence-electron chi connectivity index (χ0n) is 11.5. The normalized spacial score (nSPS) is 18.2. The van der Waals surface area contributed by atoms with Crippen molar-refractivity contribution in [2.24, 2.45) is 0 Å². The van der Waals surface area contributed by atoms with E-state index in [1.807, 2.05) is 60.7 Å². The van der Waals surface area contributed by atoms with Crippen LogP contribution in [0.25, 0.3) is 5.76 Å². The molecule has 1 atom stereocenters. The van der Waals surface area contributed by atoms with E-state index in [1.165, 1.54) is 10.6 Å². The van der Waals surface area contributed by atoms with Crippen LogP contribution in [0.5, 0.6) is 0 Å². The van der Waals surface area contributed by atoms with Crippen molar-refractivity contribution in [3.63, 3.8) is 0 Å². The molecule has 0 amide bonds. The first-order valence-electron chi connectivity index (χ1n) is 6.53. The average Bonchev–Trinajstić information content (AvgIpc) is 2.94. The second-order valence-corrected chi connectivity index (χ2v) is 6.72. The fourth-order valence-corrected chi connectivity index (χ4v) is 3.03. The van der Waals surface area contributed by atoms with Gasteiger partial charge >= 0.3 is 0 Å². The fourth-order valence-electron chi connectivity index (χ4n) is 2.23. The van der Waals surface area contributed by atoms with Crippen LogP contribution in [0.4, 0.5) is 0 Å². The lowest BCUT2D eigenvalue weighted by atomic mass is 10.2. The Morgan fingerprint density at radius 1 is 0.952 bits per heavy atom. The van der Waals surface area contributed by atoms with Crippen molar-refractivity contribution in [2.75, 3.05) is 6.26 Å². The quantitative estimate of drug-likeness (QED) is 0.875. The van der Waals surface area contributed by atoms with Crippen LogP contribution in [0.2, 0.25) is 0 Å². The van der Waals surface area contributed by atoms with E-state index in [4.69, 9.17) is 4.74 Å². The maximum atomic E-state index is 12.0. The van der Waals surface area contributed by atoms with Crippen LogP contribution in [0, 0.1) is 0 Å². The highest BCUT2D eigenvalue weighted by Crippen LogP contribution is 2.37. The average molecular weight is 301 g/mol. The summed E-state index contributed by atoms with van der Waals surface area (Å²) in [7, 11) is -3.41. The number of hydrogen-bond donors (Lipinski definition) is 0. The van der Waals surface area contributed by atoms with Crippen LogP contribution in [0.15, 0.2) is 66.9 Å². The van der Waals surface area contributed by atoms with E-state index in [9.17, 15) is 8.42 Å². The summed E-state index contributed by atoms with van der Waals surface area (Å²) in [6.45, 7) is 0. The molecule has 0 saturated carbocycles. The van der Waals surface area contributed by atoms with Gasteiger partial charge in [0, 0.05) is 11.1 Å². The molecule has 21 heavy (non-hydrogen) atoms. The summed E-state index contributed by atoms with van der Waals surface area (Å²) in [6.07, 6.45) is 2.07. The van der Waals surface area contributed by atoms with Crippen LogP contribution in [-0.2, 0) is 14.8 Å². The van der Waals surface area contributed by atoms with Gasteiger partial charge in [0.2, 0.25) is 16.3 Å². The van der Waals surface area contributed by atoms with Gasteiger partial charge in [-0.3, -0.25) is 0 Å². The minimum atomic E-state index is -3.41. The third-order valence-electron chi connectivity index (χ3n) is 3.24. The van der Waals surface area contributed by atoms with Crippen LogP contribution in [-0.4, -0.2) is 19.0 Å². The first-order valence-corrected chi connectivity index (χ1v) is 8.38. The molecule has 3 rings (SSSR count). The van der Waals surface area contributed by atoms with Crippen molar-refractivity contribution in [1.82, 2.24) is 4.31 Å². The van der Waals surface area contributed by atoms with Crippen molar-refractivity contribution in [2.45, 2.75) is 6.23 Å². The Morgan fingerprint density at radius 3 is 2.10 bits per heavy atom. The van der Waals surface area contributed by atoms with E-state index in [-0.39, 0.29) is 0 Å². The first kappa shape index (κ1) is 13.7. The monoisotopic (exact) mass is 301 g/mol. The van der Waals surface area contributed by atoms with Crippen molar-refractivity contribution in [1.29, 1.82) is 0 Å². The molecule has 0 spiro atoms.